The molecular weight excluding hydrogens is 471 g/mol. The number of rotatable bonds is 17. The monoisotopic (exact) mass is 513 g/mol. The molecule has 191 valence electrons. The Hall–Kier alpha value is -1.47. The second kappa shape index (κ2) is 16.3. The molecule has 0 bridgehead atoms. The van der Waals surface area contributed by atoms with Crippen molar-refractivity contribution in [3.63, 3.8) is 0 Å². The topological polar surface area (TPSA) is 60.3 Å². The third kappa shape index (κ3) is 10.2. The first-order valence-corrected chi connectivity index (χ1v) is 14.2. The van der Waals surface area contributed by atoms with Gasteiger partial charge in [-0.05, 0) is 84.8 Å². The molecule has 0 spiro atoms. The van der Waals surface area contributed by atoms with Crippen LogP contribution in [0.2, 0.25) is 11.3 Å². The molecule has 0 aliphatic rings. The zero-order chi connectivity index (χ0) is 25.6. The Morgan fingerprint density at radius 3 is 2.20 bits per heavy atom. The Bertz CT molecular complexity index is 939. The number of nitrogens with zero attached hydrogens (tertiary/aromatic N) is 1. The van der Waals surface area contributed by atoms with E-state index in [1.165, 1.54) is 59.4 Å². The summed E-state index contributed by atoms with van der Waals surface area (Å²) in [5.41, 5.74) is 5.08. The van der Waals surface area contributed by atoms with Crippen LogP contribution >= 0.6 is 22.9 Å². The van der Waals surface area contributed by atoms with Crippen LogP contribution in [-0.4, -0.2) is 51.3 Å². The Morgan fingerprint density at radius 2 is 1.63 bits per heavy atom. The molecule has 1 atom stereocenters. The van der Waals surface area contributed by atoms with E-state index in [9.17, 15) is 0 Å². The number of hydrogen-bond acceptors (Lipinski definition) is 5. The SMILES string of the molecule is CNCCCCCCCCNC[B]C[C@H](N=C(c1ccc(Cl)cc1)c1c(C)sc(C)c1C)C(C)=N. The number of unbranched alkanes of at least 4 members (excludes halogenated alkanes) is 5. The van der Waals surface area contributed by atoms with Gasteiger partial charge >= 0.3 is 0 Å². The Morgan fingerprint density at radius 1 is 1.00 bits per heavy atom. The second-order valence-electron chi connectivity index (χ2n) is 9.35. The molecule has 0 aliphatic heterocycles. The van der Waals surface area contributed by atoms with E-state index >= 15 is 0 Å². The molecule has 35 heavy (non-hydrogen) atoms. The fourth-order valence-electron chi connectivity index (χ4n) is 4.22. The van der Waals surface area contributed by atoms with Crippen molar-refractivity contribution >= 4 is 41.6 Å². The van der Waals surface area contributed by atoms with Crippen molar-refractivity contribution < 1.29 is 0 Å². The average molecular weight is 514 g/mol. The third-order valence-electron chi connectivity index (χ3n) is 6.41. The Kier molecular flexibility index (Phi) is 13.9. The van der Waals surface area contributed by atoms with Crippen LogP contribution in [0.3, 0.4) is 0 Å². The van der Waals surface area contributed by atoms with Crippen molar-refractivity contribution in [1.82, 2.24) is 10.6 Å². The number of halogens is 1. The van der Waals surface area contributed by atoms with E-state index in [1.54, 1.807) is 0 Å². The van der Waals surface area contributed by atoms with Gasteiger partial charge in [0, 0.05) is 31.6 Å². The molecular formula is C28H43BClN4S. The van der Waals surface area contributed by atoms with Gasteiger partial charge in [0.1, 0.15) is 7.28 Å². The quantitative estimate of drug-likeness (QED) is 0.124. The summed E-state index contributed by atoms with van der Waals surface area (Å²) < 4.78 is 0. The standard InChI is InChI=1S/C28H43BClN4S/c1-20-22(3)35-23(4)27(20)28(24-12-14-25(30)15-13-24)34-26(21(2)31)18-29-19-33-17-11-9-7-6-8-10-16-32-5/h12-15,26,31-33H,6-11,16-19H2,1-5H3/t26-/m0/s1. The molecule has 7 heteroatoms. The largest absolute Gasteiger partial charge is 0.325 e. The van der Waals surface area contributed by atoms with Gasteiger partial charge in [0.15, 0.2) is 0 Å². The number of aryl methyl sites for hydroxylation is 2. The smallest absolute Gasteiger partial charge is 0.131 e. The maximum atomic E-state index is 8.40. The molecule has 0 saturated heterocycles. The average Bonchev–Trinajstić information content (AvgIpc) is 3.08. The van der Waals surface area contributed by atoms with Gasteiger partial charge < -0.3 is 16.0 Å². The maximum Gasteiger partial charge on any atom is 0.131 e. The first kappa shape index (κ1) is 29.8. The summed E-state index contributed by atoms with van der Waals surface area (Å²) in [4.78, 5) is 7.74. The van der Waals surface area contributed by atoms with Gasteiger partial charge in [0.05, 0.1) is 11.8 Å². The van der Waals surface area contributed by atoms with Crippen molar-refractivity contribution in [2.24, 2.45) is 4.99 Å². The van der Waals surface area contributed by atoms with Gasteiger partial charge in [-0.1, -0.05) is 55.7 Å². The Labute approximate surface area is 223 Å². The molecule has 1 aromatic carbocycles. The van der Waals surface area contributed by atoms with E-state index in [1.807, 2.05) is 49.6 Å². The molecule has 2 aromatic rings. The van der Waals surface area contributed by atoms with Crippen molar-refractivity contribution in [1.29, 1.82) is 5.41 Å². The van der Waals surface area contributed by atoms with Crippen molar-refractivity contribution in [3.8, 4) is 0 Å². The lowest BCUT2D eigenvalue weighted by Gasteiger charge is -2.16. The lowest BCUT2D eigenvalue weighted by molar-refractivity contribution is 0.570. The summed E-state index contributed by atoms with van der Waals surface area (Å²) in [6.45, 7) is 10.5. The summed E-state index contributed by atoms with van der Waals surface area (Å²) >= 11 is 7.98. The van der Waals surface area contributed by atoms with Crippen molar-refractivity contribution in [2.75, 3.05) is 26.6 Å². The van der Waals surface area contributed by atoms with E-state index < -0.39 is 0 Å². The number of nitrogens with one attached hydrogen (secondary N) is 3. The van der Waals surface area contributed by atoms with Crippen molar-refractivity contribution in [3.05, 3.63) is 55.7 Å². The van der Waals surface area contributed by atoms with Gasteiger partial charge in [-0.25, -0.2) is 0 Å². The van der Waals surface area contributed by atoms with Crippen LogP contribution in [0, 0.1) is 26.2 Å². The van der Waals surface area contributed by atoms with E-state index in [0.29, 0.717) is 5.71 Å². The van der Waals surface area contributed by atoms with Gasteiger partial charge in [0.25, 0.3) is 0 Å². The maximum absolute atomic E-state index is 8.40. The molecule has 2 rings (SSSR count). The predicted octanol–water partition coefficient (Wildman–Crippen LogP) is 6.80. The number of aliphatic imine (C=N–C) groups is 1. The first-order valence-electron chi connectivity index (χ1n) is 13.0. The fourth-order valence-corrected chi connectivity index (χ4v) is 5.41. The van der Waals surface area contributed by atoms with Crippen LogP contribution in [0.15, 0.2) is 29.3 Å². The van der Waals surface area contributed by atoms with Gasteiger partial charge in [-0.15, -0.1) is 11.3 Å². The summed E-state index contributed by atoms with van der Waals surface area (Å²) in [7, 11) is 4.26. The highest BCUT2D eigenvalue weighted by atomic mass is 35.5. The predicted molar refractivity (Wildman–Crippen MR) is 158 cm³/mol. The molecule has 0 aliphatic carbocycles. The Balaban J connectivity index is 1.94. The lowest BCUT2D eigenvalue weighted by Crippen LogP contribution is -2.26. The van der Waals surface area contributed by atoms with E-state index in [2.05, 4.69) is 38.7 Å². The van der Waals surface area contributed by atoms with E-state index in [0.717, 1.165) is 42.2 Å². The van der Waals surface area contributed by atoms with Crippen molar-refractivity contribution in [2.45, 2.75) is 78.6 Å². The highest BCUT2D eigenvalue weighted by Crippen LogP contribution is 2.30. The van der Waals surface area contributed by atoms with Crippen LogP contribution in [0.4, 0.5) is 0 Å². The second-order valence-corrected chi connectivity index (χ2v) is 11.2. The number of benzene rings is 1. The summed E-state index contributed by atoms with van der Waals surface area (Å²) in [5, 5.41) is 15.9. The summed E-state index contributed by atoms with van der Waals surface area (Å²) in [6.07, 6.45) is 9.40. The minimum atomic E-state index is -0.168. The highest BCUT2D eigenvalue weighted by Gasteiger charge is 2.20. The zero-order valence-corrected chi connectivity index (χ0v) is 23.8. The number of thiophene rings is 1. The zero-order valence-electron chi connectivity index (χ0n) is 22.3. The van der Waals surface area contributed by atoms with Crippen LogP contribution < -0.4 is 10.6 Å². The first-order chi connectivity index (χ1) is 16.8. The molecule has 1 heterocycles. The molecule has 4 nitrogen and oxygen atoms in total. The molecule has 0 saturated carbocycles. The lowest BCUT2D eigenvalue weighted by atomic mass is 9.71. The molecule has 3 N–H and O–H groups in total. The fraction of sp³-hybridized carbons (Fsp3) is 0.571. The molecule has 0 amide bonds. The molecule has 1 aromatic heterocycles. The normalized spacial score (nSPS) is 12.7. The third-order valence-corrected chi connectivity index (χ3v) is 7.78. The van der Waals surface area contributed by atoms with Crippen LogP contribution in [-0.2, 0) is 0 Å². The minimum Gasteiger partial charge on any atom is -0.325 e. The van der Waals surface area contributed by atoms with Gasteiger partial charge in [0.2, 0.25) is 0 Å². The minimum absolute atomic E-state index is 0.168. The van der Waals surface area contributed by atoms with Gasteiger partial charge in [-0.3, -0.25) is 4.99 Å². The summed E-state index contributed by atoms with van der Waals surface area (Å²) in [5.74, 6) is 0. The summed E-state index contributed by atoms with van der Waals surface area (Å²) in [6, 6.07) is 7.74. The molecule has 1 radical (unpaired) electrons. The van der Waals surface area contributed by atoms with Gasteiger partial charge in [-0.2, -0.15) is 0 Å². The molecule has 0 fully saturated rings. The van der Waals surface area contributed by atoms with E-state index in [4.69, 9.17) is 22.0 Å². The number of hydrogen-bond donors (Lipinski definition) is 3. The van der Waals surface area contributed by atoms with E-state index in [-0.39, 0.29) is 6.04 Å². The highest BCUT2D eigenvalue weighted by molar-refractivity contribution is 7.12. The van der Waals surface area contributed by atoms with Crippen LogP contribution in [0.1, 0.15) is 71.9 Å². The van der Waals surface area contributed by atoms with Crippen LogP contribution in [0.25, 0.3) is 0 Å². The molecule has 0 unspecified atom stereocenters. The van der Waals surface area contributed by atoms with Crippen LogP contribution in [0.5, 0.6) is 0 Å².